The van der Waals surface area contributed by atoms with Crippen molar-refractivity contribution in [3.05, 3.63) is 59.4 Å². The van der Waals surface area contributed by atoms with Gasteiger partial charge in [-0.1, -0.05) is 30.3 Å². The first-order valence-electron chi connectivity index (χ1n) is 9.52. The number of benzene rings is 1. The van der Waals surface area contributed by atoms with Crippen molar-refractivity contribution in [3.63, 3.8) is 0 Å². The van der Waals surface area contributed by atoms with Gasteiger partial charge in [0.1, 0.15) is 0 Å². The standard InChI is InChI=1S/C21H22N4O3S/c1-14-9-12-28-18(14)19(26)22-16-7-10-25(11-8-16)21(27)24-20-23-17(13-29-20)15-5-3-2-4-6-15/h2-6,9,12-13,16H,7-8,10-11H2,1H3,(H,22,26)(H,23,24,27). The zero-order valence-electron chi connectivity index (χ0n) is 16.1. The lowest BCUT2D eigenvalue weighted by molar-refractivity contribution is 0.0890. The molecule has 3 heterocycles. The van der Waals surface area contributed by atoms with Crippen LogP contribution in [0.5, 0.6) is 0 Å². The van der Waals surface area contributed by atoms with E-state index in [0.29, 0.717) is 36.8 Å². The number of nitrogens with one attached hydrogen (secondary N) is 2. The van der Waals surface area contributed by atoms with Gasteiger partial charge in [0.15, 0.2) is 10.9 Å². The summed E-state index contributed by atoms with van der Waals surface area (Å²) in [5, 5.41) is 8.39. The molecule has 1 aromatic carbocycles. The summed E-state index contributed by atoms with van der Waals surface area (Å²) in [5.41, 5.74) is 2.69. The number of aryl methyl sites for hydroxylation is 1. The Morgan fingerprint density at radius 1 is 1.17 bits per heavy atom. The first-order valence-corrected chi connectivity index (χ1v) is 10.4. The monoisotopic (exact) mass is 410 g/mol. The summed E-state index contributed by atoms with van der Waals surface area (Å²) < 4.78 is 5.23. The summed E-state index contributed by atoms with van der Waals surface area (Å²) in [7, 11) is 0. The largest absolute Gasteiger partial charge is 0.459 e. The van der Waals surface area contributed by atoms with Gasteiger partial charge in [-0.25, -0.2) is 9.78 Å². The van der Waals surface area contributed by atoms with E-state index in [1.807, 2.05) is 42.6 Å². The van der Waals surface area contributed by atoms with E-state index in [4.69, 9.17) is 4.42 Å². The Bertz CT molecular complexity index is 990. The molecule has 1 fully saturated rings. The molecule has 0 atom stereocenters. The van der Waals surface area contributed by atoms with Crippen LogP contribution in [0, 0.1) is 6.92 Å². The molecule has 2 N–H and O–H groups in total. The Morgan fingerprint density at radius 2 is 1.93 bits per heavy atom. The highest BCUT2D eigenvalue weighted by Gasteiger charge is 2.25. The number of carbonyl (C=O) groups is 2. The van der Waals surface area contributed by atoms with Gasteiger partial charge >= 0.3 is 6.03 Å². The summed E-state index contributed by atoms with van der Waals surface area (Å²) in [6.45, 7) is 2.99. The second kappa shape index (κ2) is 8.48. The number of hydrogen-bond donors (Lipinski definition) is 2. The number of urea groups is 1. The molecule has 1 aliphatic heterocycles. The van der Waals surface area contributed by atoms with Gasteiger partial charge in [-0.2, -0.15) is 0 Å². The van der Waals surface area contributed by atoms with Crippen LogP contribution in [0.2, 0.25) is 0 Å². The van der Waals surface area contributed by atoms with Gasteiger partial charge in [-0.3, -0.25) is 10.1 Å². The quantitative estimate of drug-likeness (QED) is 0.677. The Balaban J connectivity index is 1.28. The molecular formula is C21H22N4O3S. The van der Waals surface area contributed by atoms with E-state index >= 15 is 0 Å². The third kappa shape index (κ3) is 4.48. The van der Waals surface area contributed by atoms with Crippen LogP contribution in [0.25, 0.3) is 11.3 Å². The van der Waals surface area contributed by atoms with Crippen LogP contribution < -0.4 is 10.6 Å². The number of rotatable bonds is 4. The van der Waals surface area contributed by atoms with E-state index < -0.39 is 0 Å². The highest BCUT2D eigenvalue weighted by Crippen LogP contribution is 2.25. The molecule has 7 nitrogen and oxygen atoms in total. The lowest BCUT2D eigenvalue weighted by Crippen LogP contribution is -2.47. The summed E-state index contributed by atoms with van der Waals surface area (Å²) in [5.74, 6) is 0.148. The average Bonchev–Trinajstić information content (AvgIpc) is 3.38. The number of hydrogen-bond acceptors (Lipinski definition) is 5. The summed E-state index contributed by atoms with van der Waals surface area (Å²) in [6.07, 6.45) is 2.91. The Kier molecular flexibility index (Phi) is 5.62. The van der Waals surface area contributed by atoms with Crippen molar-refractivity contribution in [1.29, 1.82) is 0 Å². The smallest absolute Gasteiger partial charge is 0.323 e. The number of piperidine rings is 1. The minimum atomic E-state index is -0.202. The van der Waals surface area contributed by atoms with Crippen molar-refractivity contribution in [1.82, 2.24) is 15.2 Å². The molecule has 2 aromatic heterocycles. The normalized spacial score (nSPS) is 14.6. The fourth-order valence-electron chi connectivity index (χ4n) is 3.33. The minimum Gasteiger partial charge on any atom is -0.459 e. The Morgan fingerprint density at radius 3 is 2.62 bits per heavy atom. The van der Waals surface area contributed by atoms with Crippen LogP contribution in [-0.2, 0) is 0 Å². The molecule has 0 unspecified atom stereocenters. The van der Waals surface area contributed by atoms with Crippen molar-refractivity contribution in [2.24, 2.45) is 0 Å². The summed E-state index contributed by atoms with van der Waals surface area (Å²) in [4.78, 5) is 31.1. The number of aromatic nitrogens is 1. The van der Waals surface area contributed by atoms with Gasteiger partial charge in [0, 0.05) is 35.6 Å². The second-order valence-electron chi connectivity index (χ2n) is 7.00. The van der Waals surface area contributed by atoms with Crippen LogP contribution in [-0.4, -0.2) is 41.0 Å². The molecule has 4 rings (SSSR count). The molecule has 29 heavy (non-hydrogen) atoms. The van der Waals surface area contributed by atoms with E-state index in [2.05, 4.69) is 15.6 Å². The van der Waals surface area contributed by atoms with Crippen LogP contribution in [0.1, 0.15) is 29.0 Å². The molecule has 150 valence electrons. The number of likely N-dealkylation sites (tertiary alicyclic amines) is 1. The molecule has 1 saturated heterocycles. The first kappa shape index (κ1) is 19.2. The molecule has 1 aliphatic rings. The SMILES string of the molecule is Cc1ccoc1C(=O)NC1CCN(C(=O)Nc2nc(-c3ccccc3)cs2)CC1. The molecular weight excluding hydrogens is 388 g/mol. The predicted octanol–water partition coefficient (Wildman–Crippen LogP) is 4.14. The van der Waals surface area contributed by atoms with E-state index in [9.17, 15) is 9.59 Å². The number of carbonyl (C=O) groups excluding carboxylic acids is 2. The fraction of sp³-hybridized carbons (Fsp3) is 0.286. The van der Waals surface area contributed by atoms with Gasteiger partial charge < -0.3 is 14.6 Å². The lowest BCUT2D eigenvalue weighted by atomic mass is 10.1. The number of thiazole rings is 1. The molecule has 0 saturated carbocycles. The van der Waals surface area contributed by atoms with Gasteiger partial charge in [-0.15, -0.1) is 11.3 Å². The van der Waals surface area contributed by atoms with E-state index in [-0.39, 0.29) is 18.0 Å². The molecule has 0 aliphatic carbocycles. The van der Waals surface area contributed by atoms with Crippen molar-refractivity contribution in [2.75, 3.05) is 18.4 Å². The van der Waals surface area contributed by atoms with Crippen LogP contribution >= 0.6 is 11.3 Å². The molecule has 0 spiro atoms. The zero-order valence-corrected chi connectivity index (χ0v) is 16.9. The van der Waals surface area contributed by atoms with Gasteiger partial charge in [0.05, 0.1) is 12.0 Å². The van der Waals surface area contributed by atoms with Crippen LogP contribution in [0.3, 0.4) is 0 Å². The maximum atomic E-state index is 12.6. The van der Waals surface area contributed by atoms with E-state index in [0.717, 1.165) is 16.8 Å². The van der Waals surface area contributed by atoms with Crippen LogP contribution in [0.15, 0.2) is 52.5 Å². The lowest BCUT2D eigenvalue weighted by Gasteiger charge is -2.32. The summed E-state index contributed by atoms with van der Waals surface area (Å²) >= 11 is 1.41. The molecule has 0 bridgehead atoms. The highest BCUT2D eigenvalue weighted by atomic mass is 32.1. The number of nitrogens with zero attached hydrogens (tertiary/aromatic N) is 2. The molecule has 3 aromatic rings. The number of anilines is 1. The van der Waals surface area contributed by atoms with Gasteiger partial charge in [0.2, 0.25) is 0 Å². The molecule has 0 radical (unpaired) electrons. The van der Waals surface area contributed by atoms with Crippen molar-refractivity contribution in [3.8, 4) is 11.3 Å². The van der Waals surface area contributed by atoms with Gasteiger partial charge in [0.25, 0.3) is 5.91 Å². The topological polar surface area (TPSA) is 87.5 Å². The van der Waals surface area contributed by atoms with Gasteiger partial charge in [-0.05, 0) is 25.8 Å². The molecule has 3 amide bonds. The third-order valence-corrected chi connectivity index (χ3v) is 5.73. The minimum absolute atomic E-state index is 0.0283. The fourth-order valence-corrected chi connectivity index (χ4v) is 4.04. The first-order chi connectivity index (χ1) is 14.1. The number of amides is 3. The predicted molar refractivity (Wildman–Crippen MR) is 112 cm³/mol. The highest BCUT2D eigenvalue weighted by molar-refractivity contribution is 7.14. The maximum Gasteiger partial charge on any atom is 0.323 e. The van der Waals surface area contributed by atoms with E-state index in [1.165, 1.54) is 17.6 Å². The Labute approximate surface area is 172 Å². The van der Waals surface area contributed by atoms with Crippen molar-refractivity contribution < 1.29 is 14.0 Å². The second-order valence-corrected chi connectivity index (χ2v) is 7.86. The number of furan rings is 1. The Hall–Kier alpha value is -3.13. The van der Waals surface area contributed by atoms with Crippen molar-refractivity contribution >= 4 is 28.4 Å². The molecule has 8 heteroatoms. The third-order valence-electron chi connectivity index (χ3n) is 4.97. The van der Waals surface area contributed by atoms with Crippen LogP contribution in [0.4, 0.5) is 9.93 Å². The summed E-state index contributed by atoms with van der Waals surface area (Å²) in [6, 6.07) is 11.5. The average molecular weight is 410 g/mol. The van der Waals surface area contributed by atoms with Crippen molar-refractivity contribution in [2.45, 2.75) is 25.8 Å². The van der Waals surface area contributed by atoms with E-state index in [1.54, 1.807) is 11.0 Å². The zero-order chi connectivity index (χ0) is 20.2. The maximum absolute atomic E-state index is 12.6.